The quantitative estimate of drug-likeness (QED) is 0.594. The fraction of sp³-hybridized carbons (Fsp3) is 0.286. The first-order valence-electron chi connectivity index (χ1n) is 11.9. The molecule has 3 aromatic rings. The maximum absolute atomic E-state index is 13.6. The number of amides is 2. The van der Waals surface area contributed by atoms with E-state index in [1.165, 1.54) is 5.56 Å². The Bertz CT molecular complexity index is 1150. The minimum absolute atomic E-state index is 0.0146. The molecule has 2 N–H and O–H groups in total. The standard InChI is InChI=1S/C28H30N4O2/c1-2-21-13-9-10-16-25(21)29-27(33)23-18-31(17-20-11-5-3-6-12-20)19-24-26(23)30-32(28(24)34)22-14-7-4-8-15-22/h3-16,23-24,26,30H,2,17-19H2,1H3,(H,29,33). The Labute approximate surface area is 200 Å². The van der Waals surface area contributed by atoms with Crippen LogP contribution in [0.2, 0.25) is 0 Å². The molecule has 2 aliphatic heterocycles. The number of likely N-dealkylation sites (tertiary alicyclic amines) is 1. The highest BCUT2D eigenvalue weighted by molar-refractivity contribution is 6.00. The molecule has 0 spiro atoms. The van der Waals surface area contributed by atoms with E-state index in [-0.39, 0.29) is 29.7 Å². The fourth-order valence-electron chi connectivity index (χ4n) is 5.10. The highest BCUT2D eigenvalue weighted by atomic mass is 16.2. The third-order valence-electron chi connectivity index (χ3n) is 6.85. The van der Waals surface area contributed by atoms with Crippen molar-refractivity contribution in [3.05, 3.63) is 96.1 Å². The van der Waals surface area contributed by atoms with Gasteiger partial charge in [0.25, 0.3) is 0 Å². The number of anilines is 2. The van der Waals surface area contributed by atoms with Crippen LogP contribution in [0, 0.1) is 11.8 Å². The number of hydrogen-bond donors (Lipinski definition) is 2. The van der Waals surface area contributed by atoms with Crippen molar-refractivity contribution in [2.45, 2.75) is 25.9 Å². The average Bonchev–Trinajstić information content (AvgIpc) is 3.21. The minimum Gasteiger partial charge on any atom is -0.326 e. The minimum atomic E-state index is -0.370. The van der Waals surface area contributed by atoms with Crippen molar-refractivity contribution < 1.29 is 9.59 Å². The van der Waals surface area contributed by atoms with Crippen LogP contribution in [-0.4, -0.2) is 35.8 Å². The average molecular weight is 455 g/mol. The second-order valence-electron chi connectivity index (χ2n) is 9.06. The summed E-state index contributed by atoms with van der Waals surface area (Å²) in [6, 6.07) is 27.5. The van der Waals surface area contributed by atoms with E-state index in [0.717, 1.165) is 23.4 Å². The molecule has 0 radical (unpaired) electrons. The van der Waals surface area contributed by atoms with Crippen LogP contribution in [0.4, 0.5) is 11.4 Å². The predicted molar refractivity (Wildman–Crippen MR) is 134 cm³/mol. The molecule has 2 heterocycles. The van der Waals surface area contributed by atoms with Crippen LogP contribution in [0.15, 0.2) is 84.9 Å². The van der Waals surface area contributed by atoms with Gasteiger partial charge in [0.1, 0.15) is 0 Å². The fourth-order valence-corrected chi connectivity index (χ4v) is 5.10. The van der Waals surface area contributed by atoms with Gasteiger partial charge in [-0.25, -0.2) is 10.4 Å². The third-order valence-corrected chi connectivity index (χ3v) is 6.85. The monoisotopic (exact) mass is 454 g/mol. The first kappa shape index (κ1) is 22.3. The summed E-state index contributed by atoms with van der Waals surface area (Å²) in [5.74, 6) is -0.704. The van der Waals surface area contributed by atoms with E-state index >= 15 is 0 Å². The lowest BCUT2D eigenvalue weighted by molar-refractivity contribution is -0.126. The Balaban J connectivity index is 1.42. The topological polar surface area (TPSA) is 64.7 Å². The second-order valence-corrected chi connectivity index (χ2v) is 9.06. The highest BCUT2D eigenvalue weighted by Crippen LogP contribution is 2.33. The predicted octanol–water partition coefficient (Wildman–Crippen LogP) is 3.86. The van der Waals surface area contributed by atoms with Crippen molar-refractivity contribution in [1.82, 2.24) is 10.3 Å². The molecular formula is C28H30N4O2. The molecule has 3 atom stereocenters. The molecule has 2 saturated heterocycles. The molecule has 5 rings (SSSR count). The van der Waals surface area contributed by atoms with Crippen molar-refractivity contribution in [2.24, 2.45) is 11.8 Å². The first-order chi connectivity index (χ1) is 16.6. The molecule has 0 aliphatic carbocycles. The van der Waals surface area contributed by atoms with Gasteiger partial charge in [-0.15, -0.1) is 0 Å². The zero-order valence-corrected chi connectivity index (χ0v) is 19.4. The number of hydrogen-bond acceptors (Lipinski definition) is 4. The summed E-state index contributed by atoms with van der Waals surface area (Å²) in [6.45, 7) is 3.99. The molecule has 6 heteroatoms. The lowest BCUT2D eigenvalue weighted by Crippen LogP contribution is -2.55. The number of para-hydroxylation sites is 2. The van der Waals surface area contributed by atoms with E-state index in [1.807, 2.05) is 72.8 Å². The van der Waals surface area contributed by atoms with E-state index in [1.54, 1.807) is 5.01 Å². The van der Waals surface area contributed by atoms with Crippen molar-refractivity contribution in [1.29, 1.82) is 0 Å². The van der Waals surface area contributed by atoms with Gasteiger partial charge in [-0.1, -0.05) is 73.7 Å². The van der Waals surface area contributed by atoms with E-state index < -0.39 is 0 Å². The van der Waals surface area contributed by atoms with Gasteiger partial charge in [0.2, 0.25) is 11.8 Å². The molecule has 2 fully saturated rings. The highest BCUT2D eigenvalue weighted by Gasteiger charge is 2.50. The van der Waals surface area contributed by atoms with Crippen molar-refractivity contribution in [2.75, 3.05) is 23.4 Å². The van der Waals surface area contributed by atoms with Crippen LogP contribution in [0.5, 0.6) is 0 Å². The van der Waals surface area contributed by atoms with Crippen LogP contribution in [0.1, 0.15) is 18.1 Å². The Morgan fingerprint density at radius 2 is 1.62 bits per heavy atom. The normalized spacial score (nSPS) is 22.4. The first-order valence-corrected chi connectivity index (χ1v) is 11.9. The number of benzene rings is 3. The summed E-state index contributed by atoms with van der Waals surface area (Å²) in [5, 5.41) is 4.79. The third kappa shape index (κ3) is 4.47. The number of piperidine rings is 1. The number of nitrogens with zero attached hydrogens (tertiary/aromatic N) is 2. The summed E-state index contributed by atoms with van der Waals surface area (Å²) in [4.78, 5) is 29.3. The summed E-state index contributed by atoms with van der Waals surface area (Å²) < 4.78 is 0. The lowest BCUT2D eigenvalue weighted by atomic mass is 9.83. The van der Waals surface area contributed by atoms with E-state index in [4.69, 9.17) is 0 Å². The van der Waals surface area contributed by atoms with Gasteiger partial charge in [-0.3, -0.25) is 14.5 Å². The van der Waals surface area contributed by atoms with Crippen molar-refractivity contribution in [3.63, 3.8) is 0 Å². The molecule has 2 amide bonds. The van der Waals surface area contributed by atoms with Crippen molar-refractivity contribution in [3.8, 4) is 0 Å². The Hall–Kier alpha value is -3.48. The smallest absolute Gasteiger partial charge is 0.247 e. The van der Waals surface area contributed by atoms with Crippen LogP contribution < -0.4 is 15.8 Å². The maximum Gasteiger partial charge on any atom is 0.247 e. The van der Waals surface area contributed by atoms with Crippen LogP contribution in [0.3, 0.4) is 0 Å². The second kappa shape index (κ2) is 9.79. The molecule has 3 unspecified atom stereocenters. The molecule has 174 valence electrons. The number of rotatable bonds is 6. The number of carbonyl (C=O) groups is 2. The van der Waals surface area contributed by atoms with Crippen molar-refractivity contribution >= 4 is 23.2 Å². The number of nitrogens with one attached hydrogen (secondary N) is 2. The Morgan fingerprint density at radius 1 is 0.941 bits per heavy atom. The molecule has 2 aliphatic rings. The summed E-state index contributed by atoms with van der Waals surface area (Å²) in [6.07, 6.45) is 0.839. The largest absolute Gasteiger partial charge is 0.326 e. The zero-order chi connectivity index (χ0) is 23.5. The van der Waals surface area contributed by atoms with Gasteiger partial charge in [0.05, 0.1) is 23.6 Å². The number of hydrazine groups is 1. The van der Waals surface area contributed by atoms with Crippen LogP contribution in [0.25, 0.3) is 0 Å². The van der Waals surface area contributed by atoms with Crippen LogP contribution >= 0.6 is 0 Å². The molecule has 6 nitrogen and oxygen atoms in total. The Kier molecular flexibility index (Phi) is 6.43. The Morgan fingerprint density at radius 3 is 2.35 bits per heavy atom. The van der Waals surface area contributed by atoms with E-state index in [2.05, 4.69) is 34.7 Å². The lowest BCUT2D eigenvalue weighted by Gasteiger charge is -2.38. The van der Waals surface area contributed by atoms with Gasteiger partial charge in [0, 0.05) is 25.3 Å². The number of fused-ring (bicyclic) bond motifs is 1. The SMILES string of the molecule is CCc1ccccc1NC(=O)C1CN(Cc2ccccc2)CC2C(=O)N(c3ccccc3)NC12. The molecule has 0 saturated carbocycles. The molecule has 3 aromatic carbocycles. The maximum atomic E-state index is 13.6. The number of aryl methyl sites for hydroxylation is 1. The summed E-state index contributed by atoms with van der Waals surface area (Å²) in [5.41, 5.74) is 7.30. The van der Waals surface area contributed by atoms with Gasteiger partial charge in [-0.05, 0) is 35.7 Å². The van der Waals surface area contributed by atoms with Crippen LogP contribution in [-0.2, 0) is 22.6 Å². The molecule has 34 heavy (non-hydrogen) atoms. The summed E-state index contributed by atoms with van der Waals surface area (Å²) in [7, 11) is 0. The molecule has 0 aromatic heterocycles. The van der Waals surface area contributed by atoms with E-state index in [9.17, 15) is 9.59 Å². The molecular weight excluding hydrogens is 424 g/mol. The van der Waals surface area contributed by atoms with Gasteiger partial charge in [-0.2, -0.15) is 0 Å². The number of carbonyl (C=O) groups excluding carboxylic acids is 2. The van der Waals surface area contributed by atoms with Gasteiger partial charge < -0.3 is 5.32 Å². The van der Waals surface area contributed by atoms with Gasteiger partial charge in [0.15, 0.2) is 0 Å². The molecule has 0 bridgehead atoms. The zero-order valence-electron chi connectivity index (χ0n) is 19.4. The van der Waals surface area contributed by atoms with Gasteiger partial charge >= 0.3 is 0 Å². The van der Waals surface area contributed by atoms with E-state index in [0.29, 0.717) is 19.6 Å². The summed E-state index contributed by atoms with van der Waals surface area (Å²) >= 11 is 0.